The van der Waals surface area contributed by atoms with Crippen molar-refractivity contribution >= 4 is 16.8 Å². The second-order valence-corrected chi connectivity index (χ2v) is 7.69. The molecule has 6 nitrogen and oxygen atoms in total. The number of carbonyl (C=O) groups excluding carboxylic acids is 1. The summed E-state index contributed by atoms with van der Waals surface area (Å²) in [5, 5.41) is 3.98. The van der Waals surface area contributed by atoms with E-state index in [2.05, 4.69) is 27.1 Å². The van der Waals surface area contributed by atoms with Crippen molar-refractivity contribution in [1.82, 2.24) is 25.1 Å². The summed E-state index contributed by atoms with van der Waals surface area (Å²) in [5.41, 5.74) is 4.05. The van der Waals surface area contributed by atoms with E-state index in [1.54, 1.807) is 6.20 Å². The molecule has 29 heavy (non-hydrogen) atoms. The zero-order chi connectivity index (χ0) is 20.2. The third-order valence-electron chi connectivity index (χ3n) is 5.45. The zero-order valence-corrected chi connectivity index (χ0v) is 17.1. The van der Waals surface area contributed by atoms with Crippen molar-refractivity contribution in [2.75, 3.05) is 46.3 Å². The molecule has 1 amide bonds. The summed E-state index contributed by atoms with van der Waals surface area (Å²) < 4.78 is 0. The highest BCUT2D eigenvalue weighted by Crippen LogP contribution is 2.24. The molecule has 0 aliphatic carbocycles. The van der Waals surface area contributed by atoms with Gasteiger partial charge in [-0.15, -0.1) is 0 Å². The first-order valence-electron chi connectivity index (χ1n) is 10.1. The van der Waals surface area contributed by atoms with Gasteiger partial charge in [-0.1, -0.05) is 17.7 Å². The quantitative estimate of drug-likeness (QED) is 0.727. The Morgan fingerprint density at radius 2 is 1.90 bits per heavy atom. The molecule has 0 atom stereocenters. The minimum absolute atomic E-state index is 0.0608. The van der Waals surface area contributed by atoms with Crippen LogP contribution in [0.2, 0.25) is 0 Å². The van der Waals surface area contributed by atoms with E-state index in [0.717, 1.165) is 54.9 Å². The van der Waals surface area contributed by atoms with Gasteiger partial charge < -0.3 is 10.2 Å². The summed E-state index contributed by atoms with van der Waals surface area (Å²) >= 11 is 0. The SMILES string of the molecule is Cc1ccc2nc(-c3ccccn3)cc(C(=O)NCCN3CCN(C)CC3)c2c1. The molecule has 1 saturated heterocycles. The van der Waals surface area contributed by atoms with Gasteiger partial charge in [-0.05, 0) is 44.3 Å². The van der Waals surface area contributed by atoms with E-state index in [9.17, 15) is 4.79 Å². The van der Waals surface area contributed by atoms with Crippen LogP contribution in [0, 0.1) is 6.92 Å². The van der Waals surface area contributed by atoms with Gasteiger partial charge in [0.05, 0.1) is 22.5 Å². The van der Waals surface area contributed by atoms with Crippen LogP contribution < -0.4 is 5.32 Å². The molecule has 1 aliphatic rings. The first-order chi connectivity index (χ1) is 14.1. The highest BCUT2D eigenvalue weighted by atomic mass is 16.1. The van der Waals surface area contributed by atoms with Gasteiger partial charge >= 0.3 is 0 Å². The van der Waals surface area contributed by atoms with E-state index in [1.807, 2.05) is 49.4 Å². The molecule has 0 unspecified atom stereocenters. The molecule has 0 radical (unpaired) electrons. The van der Waals surface area contributed by atoms with E-state index in [4.69, 9.17) is 4.98 Å². The molecule has 1 N–H and O–H groups in total. The number of fused-ring (bicyclic) bond motifs is 1. The van der Waals surface area contributed by atoms with Crippen molar-refractivity contribution in [1.29, 1.82) is 0 Å². The predicted octanol–water partition coefficient (Wildman–Crippen LogP) is 2.58. The van der Waals surface area contributed by atoms with Crippen molar-refractivity contribution in [3.8, 4) is 11.4 Å². The van der Waals surface area contributed by atoms with Crippen LogP contribution in [-0.4, -0.2) is 72.0 Å². The first-order valence-corrected chi connectivity index (χ1v) is 10.1. The summed E-state index contributed by atoms with van der Waals surface area (Å²) in [6.07, 6.45) is 1.74. The third-order valence-corrected chi connectivity index (χ3v) is 5.45. The standard InChI is InChI=1S/C23H27N5O/c1-17-6-7-20-18(15-17)19(16-22(26-20)21-5-3-4-8-24-21)23(29)25-9-10-28-13-11-27(2)12-14-28/h3-8,15-16H,9-14H2,1-2H3,(H,25,29). The molecule has 150 valence electrons. The molecular weight excluding hydrogens is 362 g/mol. The van der Waals surface area contributed by atoms with E-state index in [1.165, 1.54) is 0 Å². The summed E-state index contributed by atoms with van der Waals surface area (Å²) in [4.78, 5) is 26.9. The van der Waals surface area contributed by atoms with Crippen molar-refractivity contribution in [3.63, 3.8) is 0 Å². The van der Waals surface area contributed by atoms with Gasteiger partial charge in [0.2, 0.25) is 0 Å². The second-order valence-electron chi connectivity index (χ2n) is 7.69. The highest BCUT2D eigenvalue weighted by molar-refractivity contribution is 6.07. The predicted molar refractivity (Wildman–Crippen MR) is 116 cm³/mol. The van der Waals surface area contributed by atoms with Crippen molar-refractivity contribution in [3.05, 3.63) is 59.8 Å². The monoisotopic (exact) mass is 389 g/mol. The fourth-order valence-corrected chi connectivity index (χ4v) is 3.67. The maximum atomic E-state index is 13.1. The van der Waals surface area contributed by atoms with Crippen LogP contribution in [-0.2, 0) is 0 Å². The molecule has 0 saturated carbocycles. The van der Waals surface area contributed by atoms with Gasteiger partial charge in [-0.25, -0.2) is 4.98 Å². The van der Waals surface area contributed by atoms with E-state index < -0.39 is 0 Å². The Balaban J connectivity index is 1.56. The molecule has 2 aromatic heterocycles. The van der Waals surface area contributed by atoms with Crippen LogP contribution >= 0.6 is 0 Å². The van der Waals surface area contributed by atoms with Gasteiger partial charge in [0.1, 0.15) is 0 Å². The number of benzene rings is 1. The average molecular weight is 390 g/mol. The number of rotatable bonds is 5. The second kappa shape index (κ2) is 8.68. The lowest BCUT2D eigenvalue weighted by atomic mass is 10.0. The van der Waals surface area contributed by atoms with Gasteiger partial charge in [-0.2, -0.15) is 0 Å². The lowest BCUT2D eigenvalue weighted by molar-refractivity contribution is 0.0942. The van der Waals surface area contributed by atoms with E-state index in [0.29, 0.717) is 17.8 Å². The molecule has 4 rings (SSSR count). The molecule has 0 spiro atoms. The molecular formula is C23H27N5O. The molecule has 3 heterocycles. The summed E-state index contributed by atoms with van der Waals surface area (Å²) in [5.74, 6) is -0.0608. The lowest BCUT2D eigenvalue weighted by Gasteiger charge is -2.32. The average Bonchev–Trinajstić information content (AvgIpc) is 2.75. The Morgan fingerprint density at radius 3 is 2.66 bits per heavy atom. The number of carbonyl (C=O) groups is 1. The van der Waals surface area contributed by atoms with Crippen LogP contribution in [0.25, 0.3) is 22.3 Å². The Bertz CT molecular complexity index is 997. The number of pyridine rings is 2. The number of hydrogen-bond acceptors (Lipinski definition) is 5. The molecule has 1 aromatic carbocycles. The molecule has 1 aliphatic heterocycles. The minimum Gasteiger partial charge on any atom is -0.351 e. The van der Waals surface area contributed by atoms with E-state index >= 15 is 0 Å². The number of aromatic nitrogens is 2. The summed E-state index contributed by atoms with van der Waals surface area (Å²) in [6.45, 7) is 7.79. The number of piperazine rings is 1. The van der Waals surface area contributed by atoms with Crippen LogP contribution in [0.3, 0.4) is 0 Å². The maximum Gasteiger partial charge on any atom is 0.252 e. The van der Waals surface area contributed by atoms with E-state index in [-0.39, 0.29) is 5.91 Å². The van der Waals surface area contributed by atoms with Crippen molar-refractivity contribution in [2.24, 2.45) is 0 Å². The molecule has 6 heteroatoms. The number of aryl methyl sites for hydroxylation is 1. The normalized spacial score (nSPS) is 15.5. The number of nitrogens with one attached hydrogen (secondary N) is 1. The third kappa shape index (κ3) is 4.60. The summed E-state index contributed by atoms with van der Waals surface area (Å²) in [7, 11) is 2.15. The highest BCUT2D eigenvalue weighted by Gasteiger charge is 2.16. The largest absolute Gasteiger partial charge is 0.351 e. The Labute approximate surface area is 171 Å². The van der Waals surface area contributed by atoms with Crippen LogP contribution in [0.15, 0.2) is 48.7 Å². The number of likely N-dealkylation sites (N-methyl/N-ethyl adjacent to an activating group) is 1. The van der Waals surface area contributed by atoms with Crippen LogP contribution in [0.1, 0.15) is 15.9 Å². The fraction of sp³-hybridized carbons (Fsp3) is 0.348. The number of amides is 1. The minimum atomic E-state index is -0.0608. The van der Waals surface area contributed by atoms with Crippen LogP contribution in [0.5, 0.6) is 0 Å². The van der Waals surface area contributed by atoms with Crippen molar-refractivity contribution in [2.45, 2.75) is 6.92 Å². The van der Waals surface area contributed by atoms with Gasteiger partial charge in [0.15, 0.2) is 0 Å². The molecule has 0 bridgehead atoms. The topological polar surface area (TPSA) is 61.4 Å². The Kier molecular flexibility index (Phi) is 5.83. The molecule has 3 aromatic rings. The molecule has 1 fully saturated rings. The fourth-order valence-electron chi connectivity index (χ4n) is 3.67. The van der Waals surface area contributed by atoms with Gasteiger partial charge in [0, 0.05) is 50.9 Å². The maximum absolute atomic E-state index is 13.1. The van der Waals surface area contributed by atoms with Crippen LogP contribution in [0.4, 0.5) is 0 Å². The van der Waals surface area contributed by atoms with Crippen molar-refractivity contribution < 1.29 is 4.79 Å². The Hall–Kier alpha value is -2.83. The number of nitrogens with zero attached hydrogens (tertiary/aromatic N) is 4. The Morgan fingerprint density at radius 1 is 1.07 bits per heavy atom. The number of hydrogen-bond donors (Lipinski definition) is 1. The van der Waals surface area contributed by atoms with Gasteiger partial charge in [-0.3, -0.25) is 14.7 Å². The lowest BCUT2D eigenvalue weighted by Crippen LogP contribution is -2.46. The zero-order valence-electron chi connectivity index (χ0n) is 17.1. The first kappa shape index (κ1) is 19.5. The van der Waals surface area contributed by atoms with Gasteiger partial charge in [0.25, 0.3) is 5.91 Å². The smallest absolute Gasteiger partial charge is 0.252 e. The summed E-state index contributed by atoms with van der Waals surface area (Å²) in [6, 6.07) is 13.6.